The van der Waals surface area contributed by atoms with Crippen LogP contribution in [0.15, 0.2) is 48.6 Å². The molecule has 0 spiro atoms. The molecular weight excluding hydrogens is 354 g/mol. The molecule has 0 aliphatic rings. The van der Waals surface area contributed by atoms with Crippen molar-refractivity contribution < 1.29 is 19.4 Å². The Hall–Kier alpha value is -1.98. The molecule has 3 N–H and O–H groups in total. The minimum Gasteiger partial charge on any atom is -0.394 e. The first kappa shape index (κ1) is 26.0. The summed E-state index contributed by atoms with van der Waals surface area (Å²) >= 11 is 0. The van der Waals surface area contributed by atoms with E-state index in [2.05, 4.69) is 54.2 Å². The molecule has 158 valence electrons. The van der Waals surface area contributed by atoms with Crippen LogP contribution in [0.25, 0.3) is 0 Å². The van der Waals surface area contributed by atoms with E-state index in [0.717, 1.165) is 25.7 Å². The van der Waals surface area contributed by atoms with Gasteiger partial charge in [0.2, 0.25) is 0 Å². The van der Waals surface area contributed by atoms with Crippen LogP contribution >= 0.6 is 0 Å². The molecule has 0 fully saturated rings. The molecule has 5 nitrogen and oxygen atoms in total. The summed E-state index contributed by atoms with van der Waals surface area (Å²) in [6.07, 6.45) is 26.5. The average molecular weight is 392 g/mol. The number of aliphatic hydroxyl groups excluding tert-OH is 1. The smallest absolute Gasteiger partial charge is 0.332 e. The molecule has 0 radical (unpaired) electrons. The van der Waals surface area contributed by atoms with Crippen LogP contribution in [0, 0.1) is 0 Å². The molecule has 0 aliphatic carbocycles. The SMILES string of the molecule is CCCCC/C=C\C/C=C\C/C=C\C/C=C\CCCC(=O)OC(=O)[C@@H](N)CO. The van der Waals surface area contributed by atoms with Gasteiger partial charge < -0.3 is 15.6 Å². The number of hydrogen-bond acceptors (Lipinski definition) is 5. The molecule has 0 bridgehead atoms. The van der Waals surface area contributed by atoms with Crippen molar-refractivity contribution in [1.29, 1.82) is 0 Å². The van der Waals surface area contributed by atoms with Gasteiger partial charge in [-0.2, -0.15) is 0 Å². The summed E-state index contributed by atoms with van der Waals surface area (Å²) in [5, 5.41) is 8.69. The second kappa shape index (κ2) is 19.8. The van der Waals surface area contributed by atoms with Crippen molar-refractivity contribution in [3.05, 3.63) is 48.6 Å². The summed E-state index contributed by atoms with van der Waals surface area (Å²) in [5.74, 6) is -1.49. The van der Waals surface area contributed by atoms with E-state index in [1.165, 1.54) is 25.7 Å². The first-order valence-electron chi connectivity index (χ1n) is 10.3. The summed E-state index contributed by atoms with van der Waals surface area (Å²) in [4.78, 5) is 22.6. The zero-order valence-electron chi connectivity index (χ0n) is 17.2. The Balaban J connectivity index is 3.60. The summed E-state index contributed by atoms with van der Waals surface area (Å²) in [5.41, 5.74) is 5.26. The van der Waals surface area contributed by atoms with Gasteiger partial charge in [0, 0.05) is 6.42 Å². The predicted molar refractivity (Wildman–Crippen MR) is 115 cm³/mol. The van der Waals surface area contributed by atoms with Crippen LogP contribution in [0.4, 0.5) is 0 Å². The number of carbonyl (C=O) groups excluding carboxylic acids is 2. The highest BCUT2D eigenvalue weighted by Gasteiger charge is 2.17. The molecule has 0 rings (SSSR count). The van der Waals surface area contributed by atoms with Crippen LogP contribution in [-0.4, -0.2) is 29.7 Å². The van der Waals surface area contributed by atoms with Crippen LogP contribution in [0.3, 0.4) is 0 Å². The minimum absolute atomic E-state index is 0.155. The fourth-order valence-corrected chi connectivity index (χ4v) is 2.24. The molecule has 0 aliphatic heterocycles. The van der Waals surface area contributed by atoms with Gasteiger partial charge in [-0.25, -0.2) is 4.79 Å². The van der Waals surface area contributed by atoms with Gasteiger partial charge in [0.25, 0.3) is 0 Å². The van der Waals surface area contributed by atoms with Gasteiger partial charge in [0.1, 0.15) is 6.04 Å². The number of nitrogens with two attached hydrogens (primary N) is 1. The van der Waals surface area contributed by atoms with Gasteiger partial charge in [-0.3, -0.25) is 4.79 Å². The summed E-state index contributed by atoms with van der Waals surface area (Å²) < 4.78 is 4.52. The van der Waals surface area contributed by atoms with E-state index in [1.807, 2.05) is 6.08 Å². The molecule has 0 saturated heterocycles. The van der Waals surface area contributed by atoms with E-state index in [-0.39, 0.29) is 6.42 Å². The lowest BCUT2D eigenvalue weighted by atomic mass is 10.2. The van der Waals surface area contributed by atoms with E-state index in [0.29, 0.717) is 6.42 Å². The largest absolute Gasteiger partial charge is 0.394 e. The zero-order chi connectivity index (χ0) is 20.9. The van der Waals surface area contributed by atoms with Crippen LogP contribution < -0.4 is 5.73 Å². The highest BCUT2D eigenvalue weighted by molar-refractivity contribution is 5.88. The van der Waals surface area contributed by atoms with Crippen molar-refractivity contribution in [3.63, 3.8) is 0 Å². The number of aliphatic hydroxyl groups is 1. The third-order valence-corrected chi connectivity index (χ3v) is 3.92. The van der Waals surface area contributed by atoms with Crippen molar-refractivity contribution in [1.82, 2.24) is 0 Å². The Kier molecular flexibility index (Phi) is 18.4. The minimum atomic E-state index is -1.16. The van der Waals surface area contributed by atoms with Crippen molar-refractivity contribution in [2.24, 2.45) is 5.73 Å². The number of esters is 2. The number of ether oxygens (including phenoxy) is 1. The highest BCUT2D eigenvalue weighted by atomic mass is 16.6. The predicted octanol–water partition coefficient (Wildman–Crippen LogP) is 4.52. The fraction of sp³-hybridized carbons (Fsp3) is 0.565. The molecule has 0 saturated carbocycles. The molecule has 0 aromatic rings. The average Bonchev–Trinajstić information content (AvgIpc) is 2.69. The Morgan fingerprint density at radius 2 is 1.36 bits per heavy atom. The number of allylic oxidation sites excluding steroid dienone is 8. The molecule has 1 atom stereocenters. The molecule has 5 heteroatoms. The third kappa shape index (κ3) is 17.4. The number of unbranched alkanes of at least 4 members (excludes halogenated alkanes) is 4. The van der Waals surface area contributed by atoms with Crippen molar-refractivity contribution >= 4 is 11.9 Å². The Bertz CT molecular complexity index is 521. The maximum atomic E-state index is 11.4. The Morgan fingerprint density at radius 1 is 0.857 bits per heavy atom. The van der Waals surface area contributed by atoms with E-state index < -0.39 is 24.6 Å². The number of rotatable bonds is 16. The van der Waals surface area contributed by atoms with Gasteiger partial charge in [-0.1, -0.05) is 68.4 Å². The van der Waals surface area contributed by atoms with Crippen molar-refractivity contribution in [2.45, 2.75) is 77.2 Å². The lowest BCUT2D eigenvalue weighted by Gasteiger charge is -2.06. The molecule has 0 heterocycles. The van der Waals surface area contributed by atoms with Gasteiger partial charge in [0.15, 0.2) is 0 Å². The lowest BCUT2D eigenvalue weighted by molar-refractivity contribution is -0.161. The molecular formula is C23H37NO4. The quantitative estimate of drug-likeness (QED) is 0.175. The topological polar surface area (TPSA) is 89.6 Å². The van der Waals surface area contributed by atoms with Crippen LogP contribution in [0.2, 0.25) is 0 Å². The second-order valence-corrected chi connectivity index (χ2v) is 6.56. The standard InChI is InChI=1S/C23H37NO4/c1-2-3-4-5-6-7-8-9-10-11-12-13-14-15-16-17-18-19-22(26)28-23(27)21(24)20-25/h6-7,9-10,12-13,15-16,21,25H,2-5,8,11,14,17-20,24H2,1H3/b7-6-,10-9-,13-12-,16-15-/t21-/m0/s1. The van der Waals surface area contributed by atoms with Crippen LogP contribution in [0.5, 0.6) is 0 Å². The molecule has 0 unspecified atom stereocenters. The van der Waals surface area contributed by atoms with E-state index in [4.69, 9.17) is 10.8 Å². The van der Waals surface area contributed by atoms with Gasteiger partial charge in [0.05, 0.1) is 6.61 Å². The van der Waals surface area contributed by atoms with Gasteiger partial charge in [-0.05, 0) is 44.9 Å². The van der Waals surface area contributed by atoms with Crippen LogP contribution in [-0.2, 0) is 14.3 Å². The molecule has 0 aromatic carbocycles. The monoisotopic (exact) mass is 391 g/mol. The second-order valence-electron chi connectivity index (χ2n) is 6.56. The van der Waals surface area contributed by atoms with Gasteiger partial charge >= 0.3 is 11.9 Å². The van der Waals surface area contributed by atoms with Crippen molar-refractivity contribution in [2.75, 3.05) is 6.61 Å². The first-order valence-corrected chi connectivity index (χ1v) is 10.3. The zero-order valence-corrected chi connectivity index (χ0v) is 17.2. The fourth-order valence-electron chi connectivity index (χ4n) is 2.24. The molecule has 0 aromatic heterocycles. The Morgan fingerprint density at radius 3 is 1.86 bits per heavy atom. The number of carbonyl (C=O) groups is 2. The van der Waals surface area contributed by atoms with Gasteiger partial charge in [-0.15, -0.1) is 0 Å². The summed E-state index contributed by atoms with van der Waals surface area (Å²) in [6.45, 7) is 1.69. The van der Waals surface area contributed by atoms with Crippen molar-refractivity contribution in [3.8, 4) is 0 Å². The first-order chi connectivity index (χ1) is 13.6. The van der Waals surface area contributed by atoms with E-state index >= 15 is 0 Å². The van der Waals surface area contributed by atoms with Crippen LogP contribution in [0.1, 0.15) is 71.1 Å². The third-order valence-electron chi connectivity index (χ3n) is 3.92. The highest BCUT2D eigenvalue weighted by Crippen LogP contribution is 2.02. The van der Waals surface area contributed by atoms with E-state index in [9.17, 15) is 9.59 Å². The normalized spacial score (nSPS) is 13.2. The van der Waals surface area contributed by atoms with E-state index in [1.54, 1.807) is 0 Å². The Labute approximate surface area is 170 Å². The maximum absolute atomic E-state index is 11.4. The summed E-state index contributed by atoms with van der Waals surface area (Å²) in [6, 6.07) is -1.16. The molecule has 28 heavy (non-hydrogen) atoms. The molecule has 0 amide bonds. The lowest BCUT2D eigenvalue weighted by Crippen LogP contribution is -2.36. The maximum Gasteiger partial charge on any atom is 0.332 e. The summed E-state index contributed by atoms with van der Waals surface area (Å²) in [7, 11) is 0. The number of hydrogen-bond donors (Lipinski definition) is 2.